The molecular weight excluding hydrogens is 463 g/mol. The summed E-state index contributed by atoms with van der Waals surface area (Å²) in [5.74, 6) is 0. The summed E-state index contributed by atoms with van der Waals surface area (Å²) in [6, 6.07) is 0. The van der Waals surface area contributed by atoms with Gasteiger partial charge in [-0.25, -0.2) is 0 Å². The van der Waals surface area contributed by atoms with Crippen molar-refractivity contribution >= 4 is 8.25 Å². The topological polar surface area (TPSA) is 35.5 Å². The fourth-order valence-corrected chi connectivity index (χ4v) is 5.97. The van der Waals surface area contributed by atoms with Gasteiger partial charge in [0.05, 0.1) is 0 Å². The summed E-state index contributed by atoms with van der Waals surface area (Å²) in [4.78, 5) is 0. The molecule has 0 aromatic heterocycles. The summed E-state index contributed by atoms with van der Waals surface area (Å²) in [7, 11) is -2.09. The van der Waals surface area contributed by atoms with Crippen molar-refractivity contribution in [1.82, 2.24) is 0 Å². The first kappa shape index (κ1) is 36.0. The van der Waals surface area contributed by atoms with Gasteiger partial charge in [0.2, 0.25) is 0 Å². The molecule has 0 N–H and O–H groups in total. The Hall–Kier alpha value is 0.0200. The van der Waals surface area contributed by atoms with Crippen molar-refractivity contribution in [2.24, 2.45) is 0 Å². The quantitative estimate of drug-likeness (QED) is 0.0746. The highest BCUT2D eigenvalue weighted by Crippen LogP contribution is 2.39. The lowest BCUT2D eigenvalue weighted by molar-refractivity contribution is 0.0350. The minimum absolute atomic E-state index is 0.390. The third kappa shape index (κ3) is 25.7. The van der Waals surface area contributed by atoms with Gasteiger partial charge in [0.25, 0.3) is 0 Å². The van der Waals surface area contributed by atoms with Gasteiger partial charge in [0.1, 0.15) is 11.2 Å². The molecule has 4 heteroatoms. The highest BCUT2D eigenvalue weighted by Gasteiger charge is 2.39. The molecule has 0 aromatic rings. The van der Waals surface area contributed by atoms with Crippen molar-refractivity contribution in [3.8, 4) is 0 Å². The maximum atomic E-state index is 12.6. The van der Waals surface area contributed by atoms with Crippen LogP contribution in [0.15, 0.2) is 0 Å². The molecule has 0 amide bonds. The molecule has 0 radical (unpaired) electrons. The van der Waals surface area contributed by atoms with Crippen LogP contribution in [0.2, 0.25) is 0 Å². The monoisotopic (exact) mass is 529 g/mol. The van der Waals surface area contributed by atoms with Gasteiger partial charge in [-0.05, 0) is 40.5 Å². The van der Waals surface area contributed by atoms with E-state index in [1.807, 2.05) is 0 Å². The zero-order valence-electron chi connectivity index (χ0n) is 25.6. The lowest BCUT2D eigenvalue weighted by Gasteiger charge is -2.20. The Labute approximate surface area is 228 Å². The molecule has 0 unspecified atom stereocenters. The Bertz CT molecular complexity index is 448. The molecule has 0 bridgehead atoms. The molecule has 0 fully saturated rings. The Balaban J connectivity index is 3.75. The van der Waals surface area contributed by atoms with Crippen molar-refractivity contribution in [1.29, 1.82) is 0 Å². The number of rotatable bonds is 28. The Morgan fingerprint density at radius 3 is 0.889 bits per heavy atom. The van der Waals surface area contributed by atoms with E-state index in [1.54, 1.807) is 0 Å². The van der Waals surface area contributed by atoms with Crippen LogP contribution in [0.5, 0.6) is 0 Å². The predicted octanol–water partition coefficient (Wildman–Crippen LogP) is 12.6. The number of hydrogen-bond donors (Lipinski definition) is 0. The maximum absolute atomic E-state index is 12.6. The zero-order valence-corrected chi connectivity index (χ0v) is 26.5. The largest absolute Gasteiger partial charge is 0.698 e. The molecule has 0 saturated carbocycles. The van der Waals surface area contributed by atoms with E-state index in [9.17, 15) is 4.57 Å². The molecule has 0 heterocycles. The average Bonchev–Trinajstić information content (AvgIpc) is 2.80. The van der Waals surface area contributed by atoms with Gasteiger partial charge in [-0.1, -0.05) is 155 Å². The molecule has 3 nitrogen and oxygen atoms in total. The fraction of sp³-hybridized carbons (Fsp3) is 1.00. The second-order valence-corrected chi connectivity index (χ2v) is 13.3. The number of hydrogen-bond acceptors (Lipinski definition) is 3. The van der Waals surface area contributed by atoms with Gasteiger partial charge in [-0.15, -0.1) is 9.05 Å². The number of unbranched alkanes of at least 4 members (excludes halogenated alkanes) is 20. The zero-order chi connectivity index (χ0) is 27.0. The van der Waals surface area contributed by atoms with Crippen LogP contribution in [0.3, 0.4) is 0 Å². The first-order valence-corrected chi connectivity index (χ1v) is 17.2. The molecule has 0 spiro atoms. The van der Waals surface area contributed by atoms with Crippen molar-refractivity contribution in [2.75, 3.05) is 0 Å². The third-order valence-electron chi connectivity index (χ3n) is 7.41. The third-order valence-corrected chi connectivity index (χ3v) is 8.69. The molecule has 0 aromatic carbocycles. The summed E-state index contributed by atoms with van der Waals surface area (Å²) < 4.78 is 24.3. The van der Waals surface area contributed by atoms with E-state index in [0.29, 0.717) is 0 Å². The molecule has 0 rings (SSSR count). The lowest BCUT2D eigenvalue weighted by Crippen LogP contribution is -2.25. The van der Waals surface area contributed by atoms with Crippen LogP contribution in [0.4, 0.5) is 0 Å². The van der Waals surface area contributed by atoms with Crippen LogP contribution in [0.25, 0.3) is 0 Å². The van der Waals surface area contributed by atoms with E-state index in [0.717, 1.165) is 25.7 Å². The summed E-state index contributed by atoms with van der Waals surface area (Å²) in [5, 5.41) is 0. The van der Waals surface area contributed by atoms with Gasteiger partial charge in [-0.2, -0.15) is 0 Å². The molecule has 0 aliphatic heterocycles. The molecule has 0 saturated heterocycles. The minimum atomic E-state index is -2.09. The van der Waals surface area contributed by atoms with Gasteiger partial charge in [0.15, 0.2) is 0 Å². The molecule has 0 aliphatic rings. The first-order chi connectivity index (χ1) is 17.2. The summed E-state index contributed by atoms with van der Waals surface area (Å²) >= 11 is 0. The Kier molecular flexibility index (Phi) is 24.1. The van der Waals surface area contributed by atoms with E-state index < -0.39 is 8.25 Å². The van der Waals surface area contributed by atoms with E-state index in [1.165, 1.54) is 128 Å². The molecule has 0 atom stereocenters. The van der Waals surface area contributed by atoms with Crippen LogP contribution < -0.4 is 0 Å². The van der Waals surface area contributed by atoms with Crippen LogP contribution in [0, 0.1) is 0 Å². The second kappa shape index (κ2) is 24.1. The standard InChI is InChI=1S/C32H66O3P/c1-7-9-11-13-15-17-19-21-23-25-27-29-31(3,4)34-36(33)35-32(5,6)30-28-26-24-22-20-18-16-14-12-10-8-2/h7-30H2,1-6H3/q+1. The second-order valence-electron chi connectivity index (χ2n) is 12.5. The Morgan fingerprint density at radius 1 is 0.417 bits per heavy atom. The SMILES string of the molecule is CCCCCCCCCCCCCC(C)(C)O[P+](=O)OC(C)(C)CCCCCCCCCCCCC. The van der Waals surface area contributed by atoms with Crippen LogP contribution >= 0.6 is 8.25 Å². The van der Waals surface area contributed by atoms with E-state index in [2.05, 4.69) is 41.5 Å². The van der Waals surface area contributed by atoms with Crippen molar-refractivity contribution in [3.63, 3.8) is 0 Å². The van der Waals surface area contributed by atoms with Crippen molar-refractivity contribution < 1.29 is 13.6 Å². The predicted molar refractivity (Wildman–Crippen MR) is 160 cm³/mol. The smallest absolute Gasteiger partial charge is 0.113 e. The van der Waals surface area contributed by atoms with Gasteiger partial charge in [-0.3, -0.25) is 0 Å². The van der Waals surface area contributed by atoms with E-state index in [-0.39, 0.29) is 11.2 Å². The molecule has 36 heavy (non-hydrogen) atoms. The van der Waals surface area contributed by atoms with Crippen LogP contribution in [-0.2, 0) is 13.6 Å². The summed E-state index contributed by atoms with van der Waals surface area (Å²) in [5.41, 5.74) is -0.779. The maximum Gasteiger partial charge on any atom is 0.698 e. The first-order valence-electron chi connectivity index (χ1n) is 16.1. The summed E-state index contributed by atoms with van der Waals surface area (Å²) in [6.07, 6.45) is 31.4. The lowest BCUT2D eigenvalue weighted by atomic mass is 9.99. The molecule has 216 valence electrons. The average molecular weight is 530 g/mol. The highest BCUT2D eigenvalue weighted by molar-refractivity contribution is 7.33. The van der Waals surface area contributed by atoms with Crippen molar-refractivity contribution in [3.05, 3.63) is 0 Å². The van der Waals surface area contributed by atoms with Gasteiger partial charge < -0.3 is 0 Å². The van der Waals surface area contributed by atoms with Crippen LogP contribution in [0.1, 0.15) is 196 Å². The van der Waals surface area contributed by atoms with Gasteiger partial charge >= 0.3 is 8.25 Å². The molecule has 0 aliphatic carbocycles. The van der Waals surface area contributed by atoms with E-state index in [4.69, 9.17) is 9.05 Å². The van der Waals surface area contributed by atoms with Crippen molar-refractivity contribution in [2.45, 2.75) is 207 Å². The fourth-order valence-electron chi connectivity index (χ4n) is 4.94. The van der Waals surface area contributed by atoms with Gasteiger partial charge in [0, 0.05) is 4.57 Å². The summed E-state index contributed by atoms with van der Waals surface area (Å²) in [6.45, 7) is 12.8. The van der Waals surface area contributed by atoms with E-state index >= 15 is 0 Å². The van der Waals surface area contributed by atoms with Crippen LogP contribution in [-0.4, -0.2) is 11.2 Å². The molecular formula is C32H66O3P+. The minimum Gasteiger partial charge on any atom is -0.113 e. The Morgan fingerprint density at radius 2 is 0.639 bits per heavy atom. The normalized spacial score (nSPS) is 12.4. The highest BCUT2D eigenvalue weighted by atomic mass is 31.1.